The molecule has 0 aliphatic carbocycles. The van der Waals surface area contributed by atoms with E-state index in [1.54, 1.807) is 13.0 Å². The van der Waals surface area contributed by atoms with Crippen molar-refractivity contribution in [3.8, 4) is 0 Å². The average Bonchev–Trinajstić information content (AvgIpc) is 2.75. The molecule has 0 aliphatic rings. The summed E-state index contributed by atoms with van der Waals surface area (Å²) in [6.07, 6.45) is 0. The van der Waals surface area contributed by atoms with Crippen LogP contribution in [0.15, 0.2) is 34.5 Å². The van der Waals surface area contributed by atoms with Crippen molar-refractivity contribution in [2.75, 3.05) is 4.72 Å². The van der Waals surface area contributed by atoms with Crippen LogP contribution in [0.4, 0.5) is 10.1 Å². The van der Waals surface area contributed by atoms with Gasteiger partial charge in [-0.25, -0.2) is 17.6 Å². The number of aromatic carboxylic acids is 1. The first kappa shape index (κ1) is 14.5. The van der Waals surface area contributed by atoms with Gasteiger partial charge in [0.05, 0.1) is 5.69 Å². The summed E-state index contributed by atoms with van der Waals surface area (Å²) in [6.45, 7) is 1.74. The van der Waals surface area contributed by atoms with Gasteiger partial charge in [0.15, 0.2) is 0 Å². The molecule has 0 aliphatic heterocycles. The highest BCUT2D eigenvalue weighted by Gasteiger charge is 2.22. The summed E-state index contributed by atoms with van der Waals surface area (Å²) in [5, 5.41) is 8.95. The van der Waals surface area contributed by atoms with Crippen molar-refractivity contribution in [3.63, 3.8) is 0 Å². The molecule has 2 N–H and O–H groups in total. The summed E-state index contributed by atoms with van der Waals surface area (Å²) in [5.41, 5.74) is -1.01. The van der Waals surface area contributed by atoms with E-state index in [-0.39, 0.29) is 9.90 Å². The highest BCUT2D eigenvalue weighted by molar-refractivity contribution is 7.94. The van der Waals surface area contributed by atoms with Gasteiger partial charge in [-0.05, 0) is 31.2 Å². The van der Waals surface area contributed by atoms with Crippen molar-refractivity contribution in [2.45, 2.75) is 11.1 Å². The molecule has 2 rings (SSSR count). The first-order valence-electron chi connectivity index (χ1n) is 5.42. The Morgan fingerprint density at radius 1 is 1.30 bits per heavy atom. The lowest BCUT2D eigenvalue weighted by Crippen LogP contribution is -2.15. The van der Waals surface area contributed by atoms with Gasteiger partial charge in [0.25, 0.3) is 10.0 Å². The van der Waals surface area contributed by atoms with Gasteiger partial charge in [-0.3, -0.25) is 4.72 Å². The lowest BCUT2D eigenvalue weighted by molar-refractivity contribution is 0.0693. The quantitative estimate of drug-likeness (QED) is 0.908. The van der Waals surface area contributed by atoms with Gasteiger partial charge in [0.2, 0.25) is 0 Å². The number of hydrogen-bond donors (Lipinski definition) is 2. The minimum absolute atomic E-state index is 0.0376. The van der Waals surface area contributed by atoms with Crippen LogP contribution in [0, 0.1) is 12.7 Å². The van der Waals surface area contributed by atoms with Crippen molar-refractivity contribution in [1.82, 2.24) is 0 Å². The monoisotopic (exact) mass is 315 g/mol. The van der Waals surface area contributed by atoms with Crippen molar-refractivity contribution < 1.29 is 22.7 Å². The molecular weight excluding hydrogens is 305 g/mol. The van der Waals surface area contributed by atoms with E-state index >= 15 is 0 Å². The Morgan fingerprint density at radius 3 is 2.55 bits per heavy atom. The van der Waals surface area contributed by atoms with Crippen molar-refractivity contribution in [1.29, 1.82) is 0 Å². The van der Waals surface area contributed by atoms with E-state index in [2.05, 4.69) is 4.72 Å². The standard InChI is InChI=1S/C12H10FNO4S2/c1-7-5-6-10(19-7)20(17,18)14-9-4-2-3-8(13)11(9)12(15)16/h2-6,14H,1H3,(H,15,16). The maximum atomic E-state index is 13.5. The fraction of sp³-hybridized carbons (Fsp3) is 0.0833. The summed E-state index contributed by atoms with van der Waals surface area (Å²) in [7, 11) is -3.93. The van der Waals surface area contributed by atoms with Crippen molar-refractivity contribution in [2.24, 2.45) is 0 Å². The van der Waals surface area contributed by atoms with E-state index in [1.807, 2.05) is 0 Å². The van der Waals surface area contributed by atoms with E-state index in [9.17, 15) is 17.6 Å². The lowest BCUT2D eigenvalue weighted by atomic mass is 10.2. The third-order valence-electron chi connectivity index (χ3n) is 2.45. The van der Waals surface area contributed by atoms with E-state index in [0.29, 0.717) is 0 Å². The number of halogens is 1. The Hall–Kier alpha value is -1.93. The molecule has 5 nitrogen and oxygen atoms in total. The fourth-order valence-corrected chi connectivity index (χ4v) is 3.93. The molecule has 0 spiro atoms. The zero-order valence-electron chi connectivity index (χ0n) is 10.3. The molecular formula is C12H10FNO4S2. The molecule has 1 aromatic heterocycles. The number of hydrogen-bond acceptors (Lipinski definition) is 4. The molecule has 2 aromatic rings. The minimum atomic E-state index is -3.93. The molecule has 0 amide bonds. The summed E-state index contributed by atoms with van der Waals surface area (Å²) >= 11 is 1.04. The lowest BCUT2D eigenvalue weighted by Gasteiger charge is -2.09. The topological polar surface area (TPSA) is 83.5 Å². The zero-order valence-corrected chi connectivity index (χ0v) is 11.9. The predicted octanol–water partition coefficient (Wildman–Crippen LogP) is 2.69. The van der Waals surface area contributed by atoms with Gasteiger partial charge >= 0.3 is 5.97 Å². The van der Waals surface area contributed by atoms with Crippen molar-refractivity contribution >= 4 is 33.0 Å². The molecule has 0 radical (unpaired) electrons. The van der Waals surface area contributed by atoms with E-state index < -0.39 is 27.4 Å². The molecule has 20 heavy (non-hydrogen) atoms. The van der Waals surface area contributed by atoms with Gasteiger partial charge < -0.3 is 5.11 Å². The molecule has 1 heterocycles. The van der Waals surface area contributed by atoms with Crippen LogP contribution < -0.4 is 4.72 Å². The maximum absolute atomic E-state index is 13.5. The van der Waals surface area contributed by atoms with E-state index in [0.717, 1.165) is 22.3 Å². The van der Waals surface area contributed by atoms with Gasteiger partial charge in [-0.2, -0.15) is 0 Å². The van der Waals surface area contributed by atoms with Crippen molar-refractivity contribution in [3.05, 3.63) is 46.6 Å². The third-order valence-corrected chi connectivity index (χ3v) is 5.31. The number of carboxylic acid groups (broad SMARTS) is 1. The molecule has 0 fully saturated rings. The SMILES string of the molecule is Cc1ccc(S(=O)(=O)Nc2cccc(F)c2C(=O)O)s1. The summed E-state index contributed by atoms with van der Waals surface area (Å²) in [6, 6.07) is 6.42. The summed E-state index contributed by atoms with van der Waals surface area (Å²) < 4.78 is 39.8. The number of nitrogens with one attached hydrogen (secondary N) is 1. The number of carbonyl (C=O) groups is 1. The molecule has 0 unspecified atom stereocenters. The Labute approximate surface area is 118 Å². The normalized spacial score (nSPS) is 11.3. The second-order valence-electron chi connectivity index (χ2n) is 3.94. The van der Waals surface area contributed by atoms with Crippen LogP contribution in [0.25, 0.3) is 0 Å². The number of thiophene rings is 1. The Balaban J connectivity index is 2.45. The molecule has 0 saturated carbocycles. The van der Waals surface area contributed by atoms with Gasteiger partial charge in [-0.1, -0.05) is 6.07 Å². The largest absolute Gasteiger partial charge is 0.478 e. The predicted molar refractivity (Wildman–Crippen MR) is 73.2 cm³/mol. The van der Waals surface area contributed by atoms with Crippen LogP contribution >= 0.6 is 11.3 Å². The van der Waals surface area contributed by atoms with Crippen LogP contribution in [0.3, 0.4) is 0 Å². The van der Waals surface area contributed by atoms with Crippen LogP contribution in [0.1, 0.15) is 15.2 Å². The molecule has 1 aromatic carbocycles. The maximum Gasteiger partial charge on any atom is 0.340 e. The molecule has 0 saturated heterocycles. The van der Waals surface area contributed by atoms with E-state index in [4.69, 9.17) is 5.11 Å². The minimum Gasteiger partial charge on any atom is -0.478 e. The van der Waals surface area contributed by atoms with Crippen LogP contribution in [0.2, 0.25) is 0 Å². The highest BCUT2D eigenvalue weighted by atomic mass is 32.2. The van der Waals surface area contributed by atoms with Crippen LogP contribution in [-0.4, -0.2) is 19.5 Å². The third kappa shape index (κ3) is 2.81. The zero-order chi connectivity index (χ0) is 14.9. The Morgan fingerprint density at radius 2 is 2.00 bits per heavy atom. The summed E-state index contributed by atoms with van der Waals surface area (Å²) in [5.74, 6) is -2.54. The molecule has 0 bridgehead atoms. The second-order valence-corrected chi connectivity index (χ2v) is 7.14. The van der Waals surface area contributed by atoms with Gasteiger partial charge in [-0.15, -0.1) is 11.3 Å². The first-order chi connectivity index (χ1) is 9.31. The van der Waals surface area contributed by atoms with Gasteiger partial charge in [0.1, 0.15) is 15.6 Å². The summed E-state index contributed by atoms with van der Waals surface area (Å²) in [4.78, 5) is 11.8. The second kappa shape index (κ2) is 5.22. The smallest absolute Gasteiger partial charge is 0.340 e. The molecule has 106 valence electrons. The number of sulfonamides is 1. The van der Waals surface area contributed by atoms with E-state index in [1.165, 1.54) is 18.2 Å². The average molecular weight is 315 g/mol. The number of anilines is 1. The van der Waals surface area contributed by atoms with Crippen LogP contribution in [-0.2, 0) is 10.0 Å². The van der Waals surface area contributed by atoms with Gasteiger partial charge in [0, 0.05) is 4.88 Å². The molecule has 0 atom stereocenters. The fourth-order valence-electron chi connectivity index (χ4n) is 1.58. The first-order valence-corrected chi connectivity index (χ1v) is 7.72. The Kier molecular flexibility index (Phi) is 3.78. The highest BCUT2D eigenvalue weighted by Crippen LogP contribution is 2.26. The number of carboxylic acids is 1. The van der Waals surface area contributed by atoms with Crippen LogP contribution in [0.5, 0.6) is 0 Å². The molecule has 8 heteroatoms. The number of aryl methyl sites for hydroxylation is 1. The Bertz CT molecular complexity index is 768. The number of rotatable bonds is 4. The number of benzene rings is 1.